The van der Waals surface area contributed by atoms with Crippen LogP contribution in [0.1, 0.15) is 17.2 Å². The molecule has 1 N–H and O–H groups in total. The van der Waals surface area contributed by atoms with Gasteiger partial charge in [0.15, 0.2) is 0 Å². The first-order valence-electron chi connectivity index (χ1n) is 9.76. The zero-order valence-corrected chi connectivity index (χ0v) is 17.2. The van der Waals surface area contributed by atoms with E-state index >= 15 is 0 Å². The number of amides is 1. The van der Waals surface area contributed by atoms with Gasteiger partial charge in [0.25, 0.3) is 11.7 Å². The molecule has 156 valence electrons. The molecular formula is C24H26N2O4. The Kier molecular flexibility index (Phi) is 6.69. The monoisotopic (exact) mass is 406 g/mol. The van der Waals surface area contributed by atoms with E-state index in [0.717, 1.165) is 5.56 Å². The molecule has 3 rings (SSSR count). The number of benzene rings is 2. The maximum absolute atomic E-state index is 12.9. The van der Waals surface area contributed by atoms with Crippen LogP contribution >= 0.6 is 0 Å². The summed E-state index contributed by atoms with van der Waals surface area (Å²) in [6, 6.07) is 15.4. The molecule has 1 fully saturated rings. The van der Waals surface area contributed by atoms with Gasteiger partial charge < -0.3 is 19.6 Å². The Labute approximate surface area is 176 Å². The minimum atomic E-state index is -0.674. The average molecular weight is 406 g/mol. The summed E-state index contributed by atoms with van der Waals surface area (Å²) in [7, 11) is 3.81. The quantitative estimate of drug-likeness (QED) is 0.315. The van der Waals surface area contributed by atoms with Crippen molar-refractivity contribution in [2.45, 2.75) is 6.04 Å². The minimum Gasteiger partial charge on any atom is -0.507 e. The number of aliphatic hydroxyl groups is 1. The Balaban J connectivity index is 2.03. The second-order valence-corrected chi connectivity index (χ2v) is 7.33. The summed E-state index contributed by atoms with van der Waals surface area (Å²) >= 11 is 0. The predicted molar refractivity (Wildman–Crippen MR) is 116 cm³/mol. The lowest BCUT2D eigenvalue weighted by molar-refractivity contribution is -0.140. The fourth-order valence-electron chi connectivity index (χ4n) is 3.42. The Hall–Kier alpha value is -3.38. The van der Waals surface area contributed by atoms with Gasteiger partial charge >= 0.3 is 0 Å². The highest BCUT2D eigenvalue weighted by Crippen LogP contribution is 2.39. The first kappa shape index (κ1) is 21.3. The molecule has 0 bridgehead atoms. The molecule has 2 aromatic rings. The van der Waals surface area contributed by atoms with Gasteiger partial charge in [-0.1, -0.05) is 43.0 Å². The first-order chi connectivity index (χ1) is 14.4. The molecule has 0 aliphatic carbocycles. The van der Waals surface area contributed by atoms with E-state index in [-0.39, 0.29) is 11.3 Å². The van der Waals surface area contributed by atoms with Gasteiger partial charge in [0.2, 0.25) is 0 Å². The number of ketones is 1. The van der Waals surface area contributed by atoms with Crippen molar-refractivity contribution >= 4 is 17.4 Å². The van der Waals surface area contributed by atoms with E-state index in [1.54, 1.807) is 30.3 Å². The van der Waals surface area contributed by atoms with Gasteiger partial charge in [-0.25, -0.2) is 0 Å². The maximum atomic E-state index is 12.9. The topological polar surface area (TPSA) is 70.1 Å². The summed E-state index contributed by atoms with van der Waals surface area (Å²) < 4.78 is 5.47. The molecule has 1 heterocycles. The molecule has 1 unspecified atom stereocenters. The van der Waals surface area contributed by atoms with Crippen LogP contribution in [-0.4, -0.2) is 60.4 Å². The number of likely N-dealkylation sites (N-methyl/N-ethyl adjacent to an activating group) is 1. The zero-order chi connectivity index (χ0) is 21.7. The number of ether oxygens (including phenoxy) is 1. The van der Waals surface area contributed by atoms with E-state index in [0.29, 0.717) is 31.0 Å². The number of rotatable bonds is 8. The standard InChI is InChI=1S/C24H26N2O4/c1-4-16-30-19-12-10-18(11-13-19)22(27)20-21(17-8-6-5-7-9-17)26(15-14-25(2)3)24(29)23(20)28/h4-13,21,27H,1,14-16H2,2-3H3. The Morgan fingerprint density at radius 2 is 1.80 bits per heavy atom. The van der Waals surface area contributed by atoms with Gasteiger partial charge in [0.1, 0.15) is 18.1 Å². The van der Waals surface area contributed by atoms with Gasteiger partial charge in [-0.15, -0.1) is 0 Å². The van der Waals surface area contributed by atoms with Crippen LogP contribution in [0.5, 0.6) is 5.75 Å². The van der Waals surface area contributed by atoms with E-state index in [1.807, 2.05) is 49.3 Å². The summed E-state index contributed by atoms with van der Waals surface area (Å²) in [6.45, 7) is 4.96. The summed E-state index contributed by atoms with van der Waals surface area (Å²) in [6.07, 6.45) is 1.64. The Morgan fingerprint density at radius 1 is 1.13 bits per heavy atom. The second kappa shape index (κ2) is 9.41. The molecule has 0 spiro atoms. The largest absolute Gasteiger partial charge is 0.507 e. The first-order valence-corrected chi connectivity index (χ1v) is 9.76. The number of nitrogens with zero attached hydrogens (tertiary/aromatic N) is 2. The van der Waals surface area contributed by atoms with Crippen molar-refractivity contribution in [2.24, 2.45) is 0 Å². The average Bonchev–Trinajstić information content (AvgIpc) is 3.01. The molecule has 1 aliphatic heterocycles. The van der Waals surface area contributed by atoms with Crippen molar-refractivity contribution in [2.75, 3.05) is 33.8 Å². The molecule has 1 amide bonds. The van der Waals surface area contributed by atoms with Crippen molar-refractivity contribution in [1.82, 2.24) is 9.80 Å². The Morgan fingerprint density at radius 3 is 2.40 bits per heavy atom. The number of hydrogen-bond donors (Lipinski definition) is 1. The van der Waals surface area contributed by atoms with Crippen LogP contribution in [0.25, 0.3) is 5.76 Å². The molecule has 2 aromatic carbocycles. The highest BCUT2D eigenvalue weighted by Gasteiger charge is 2.45. The van der Waals surface area contributed by atoms with Gasteiger partial charge in [-0.3, -0.25) is 9.59 Å². The minimum absolute atomic E-state index is 0.102. The molecule has 1 aliphatic rings. The van der Waals surface area contributed by atoms with Crippen LogP contribution in [0.2, 0.25) is 0 Å². The summed E-state index contributed by atoms with van der Waals surface area (Å²) in [5.74, 6) is -0.840. The van der Waals surface area contributed by atoms with E-state index in [4.69, 9.17) is 4.74 Å². The zero-order valence-electron chi connectivity index (χ0n) is 17.2. The van der Waals surface area contributed by atoms with Crippen LogP contribution < -0.4 is 4.74 Å². The lowest BCUT2D eigenvalue weighted by atomic mass is 9.95. The number of Topliss-reactive ketones (excluding diaryl/α,β-unsaturated/α-hetero) is 1. The lowest BCUT2D eigenvalue weighted by Crippen LogP contribution is -2.35. The van der Waals surface area contributed by atoms with Crippen LogP contribution in [0.3, 0.4) is 0 Å². The maximum Gasteiger partial charge on any atom is 0.295 e. The number of aliphatic hydroxyl groups excluding tert-OH is 1. The molecule has 0 radical (unpaired) electrons. The number of likely N-dealkylation sites (tertiary alicyclic amines) is 1. The highest BCUT2D eigenvalue weighted by molar-refractivity contribution is 6.46. The SMILES string of the molecule is C=CCOc1ccc(C(O)=C2C(=O)C(=O)N(CCN(C)C)C2c2ccccc2)cc1. The summed E-state index contributed by atoms with van der Waals surface area (Å²) in [5.41, 5.74) is 1.33. The number of carbonyl (C=O) groups is 2. The molecule has 0 aromatic heterocycles. The third-order valence-corrected chi connectivity index (χ3v) is 4.94. The highest BCUT2D eigenvalue weighted by atomic mass is 16.5. The molecule has 0 saturated carbocycles. The second-order valence-electron chi connectivity index (χ2n) is 7.33. The van der Waals surface area contributed by atoms with Crippen LogP contribution in [0.15, 0.2) is 72.8 Å². The third-order valence-electron chi connectivity index (χ3n) is 4.94. The van der Waals surface area contributed by atoms with Gasteiger partial charge in [0.05, 0.1) is 11.6 Å². The van der Waals surface area contributed by atoms with Gasteiger partial charge in [-0.05, 0) is 43.9 Å². The molecular weight excluding hydrogens is 380 g/mol. The van der Waals surface area contributed by atoms with Crippen molar-refractivity contribution in [3.63, 3.8) is 0 Å². The van der Waals surface area contributed by atoms with Crippen LogP contribution in [0, 0.1) is 0 Å². The Bertz CT molecular complexity index is 949. The normalized spacial score (nSPS) is 18.1. The number of hydrogen-bond acceptors (Lipinski definition) is 5. The van der Waals surface area contributed by atoms with Gasteiger partial charge in [0, 0.05) is 18.7 Å². The molecule has 6 heteroatoms. The smallest absolute Gasteiger partial charge is 0.295 e. The van der Waals surface area contributed by atoms with Crippen molar-refractivity contribution < 1.29 is 19.4 Å². The van der Waals surface area contributed by atoms with Crippen molar-refractivity contribution in [3.05, 3.63) is 84.0 Å². The molecule has 6 nitrogen and oxygen atoms in total. The van der Waals surface area contributed by atoms with Crippen molar-refractivity contribution in [3.8, 4) is 5.75 Å². The van der Waals surface area contributed by atoms with E-state index < -0.39 is 17.7 Å². The fraction of sp³-hybridized carbons (Fsp3) is 0.250. The summed E-state index contributed by atoms with van der Waals surface area (Å²) in [4.78, 5) is 29.2. The third kappa shape index (κ3) is 4.44. The van der Waals surface area contributed by atoms with Crippen LogP contribution in [0.4, 0.5) is 0 Å². The van der Waals surface area contributed by atoms with Gasteiger partial charge in [-0.2, -0.15) is 0 Å². The number of carbonyl (C=O) groups excluding carboxylic acids is 2. The fourth-order valence-corrected chi connectivity index (χ4v) is 3.42. The molecule has 30 heavy (non-hydrogen) atoms. The van der Waals surface area contributed by atoms with E-state index in [1.165, 1.54) is 4.90 Å². The molecule has 1 saturated heterocycles. The molecule has 1 atom stereocenters. The van der Waals surface area contributed by atoms with Crippen LogP contribution in [-0.2, 0) is 9.59 Å². The van der Waals surface area contributed by atoms with Crippen molar-refractivity contribution in [1.29, 1.82) is 0 Å². The van der Waals surface area contributed by atoms with E-state index in [2.05, 4.69) is 6.58 Å². The predicted octanol–water partition coefficient (Wildman–Crippen LogP) is 3.23. The van der Waals surface area contributed by atoms with E-state index in [9.17, 15) is 14.7 Å². The lowest BCUT2D eigenvalue weighted by Gasteiger charge is -2.26. The summed E-state index contributed by atoms with van der Waals surface area (Å²) in [5, 5.41) is 11.0.